The van der Waals surface area contributed by atoms with Crippen LogP contribution in [-0.2, 0) is 11.3 Å². The Kier molecular flexibility index (Phi) is 4.74. The molecular weight excluding hydrogens is 298 g/mol. The van der Waals surface area contributed by atoms with Gasteiger partial charge in [0, 0.05) is 17.8 Å². The van der Waals surface area contributed by atoms with Crippen LogP contribution in [0.15, 0.2) is 24.0 Å². The number of rotatable bonds is 5. The lowest BCUT2D eigenvalue weighted by atomic mass is 10.2. The van der Waals surface area contributed by atoms with E-state index < -0.39 is 0 Å². The summed E-state index contributed by atoms with van der Waals surface area (Å²) in [5, 5.41) is 5.74. The summed E-state index contributed by atoms with van der Waals surface area (Å²) in [6.07, 6.45) is 7.35. The molecule has 0 spiro atoms. The van der Waals surface area contributed by atoms with Gasteiger partial charge in [0.2, 0.25) is 5.91 Å². The second-order valence-corrected chi connectivity index (χ2v) is 6.23. The van der Waals surface area contributed by atoms with E-state index in [4.69, 9.17) is 0 Å². The van der Waals surface area contributed by atoms with Crippen molar-refractivity contribution in [2.24, 2.45) is 0 Å². The minimum absolute atomic E-state index is 0.0657. The molecule has 0 aliphatic carbocycles. The molecule has 2 aromatic heterocycles. The lowest BCUT2D eigenvalue weighted by molar-refractivity contribution is -0.125. The van der Waals surface area contributed by atoms with Crippen molar-refractivity contribution in [3.05, 3.63) is 29.7 Å². The van der Waals surface area contributed by atoms with Gasteiger partial charge in [0.05, 0.1) is 24.5 Å². The molecule has 3 heterocycles. The summed E-state index contributed by atoms with van der Waals surface area (Å²) in [6.45, 7) is 4.45. The van der Waals surface area contributed by atoms with E-state index in [0.29, 0.717) is 6.54 Å². The predicted molar refractivity (Wildman–Crippen MR) is 85.3 cm³/mol. The number of hydrogen-bond donors (Lipinski definition) is 1. The van der Waals surface area contributed by atoms with Gasteiger partial charge in [0.1, 0.15) is 10.7 Å². The topological polar surface area (TPSA) is 71.0 Å². The highest BCUT2D eigenvalue weighted by Crippen LogP contribution is 2.20. The molecule has 1 aliphatic rings. The number of carbonyl (C=O) groups is 1. The summed E-state index contributed by atoms with van der Waals surface area (Å²) in [5.41, 5.74) is 1.61. The number of hydrogen-bond acceptors (Lipinski definition) is 6. The highest BCUT2D eigenvalue weighted by Gasteiger charge is 2.23. The van der Waals surface area contributed by atoms with Crippen molar-refractivity contribution in [1.29, 1.82) is 0 Å². The van der Waals surface area contributed by atoms with E-state index in [1.54, 1.807) is 18.6 Å². The molecule has 0 aromatic carbocycles. The van der Waals surface area contributed by atoms with Gasteiger partial charge in [-0.15, -0.1) is 11.3 Å². The Labute approximate surface area is 133 Å². The lowest BCUT2D eigenvalue weighted by Crippen LogP contribution is -2.43. The monoisotopic (exact) mass is 317 g/mol. The van der Waals surface area contributed by atoms with E-state index in [1.807, 2.05) is 12.3 Å². The van der Waals surface area contributed by atoms with E-state index in [1.165, 1.54) is 24.2 Å². The number of nitrogens with zero attached hydrogens (tertiary/aromatic N) is 4. The molecule has 6 nitrogen and oxygen atoms in total. The molecule has 22 heavy (non-hydrogen) atoms. The minimum atomic E-state index is -0.0689. The van der Waals surface area contributed by atoms with Crippen molar-refractivity contribution in [2.75, 3.05) is 13.1 Å². The van der Waals surface area contributed by atoms with Crippen LogP contribution >= 0.6 is 11.3 Å². The molecule has 1 unspecified atom stereocenters. The summed E-state index contributed by atoms with van der Waals surface area (Å²) in [4.78, 5) is 27.2. The van der Waals surface area contributed by atoms with Crippen LogP contribution < -0.4 is 5.32 Å². The van der Waals surface area contributed by atoms with Crippen molar-refractivity contribution < 1.29 is 4.79 Å². The van der Waals surface area contributed by atoms with Gasteiger partial charge in [-0.05, 0) is 32.9 Å². The van der Waals surface area contributed by atoms with Gasteiger partial charge in [0.15, 0.2) is 0 Å². The Morgan fingerprint density at radius 3 is 2.95 bits per heavy atom. The fourth-order valence-electron chi connectivity index (χ4n) is 2.54. The van der Waals surface area contributed by atoms with E-state index in [9.17, 15) is 4.79 Å². The first kappa shape index (κ1) is 15.1. The van der Waals surface area contributed by atoms with Crippen LogP contribution in [0.1, 0.15) is 25.5 Å². The Morgan fingerprint density at radius 1 is 1.41 bits per heavy atom. The van der Waals surface area contributed by atoms with Gasteiger partial charge in [-0.3, -0.25) is 19.7 Å². The minimum Gasteiger partial charge on any atom is -0.349 e. The molecule has 3 rings (SSSR count). The molecule has 116 valence electrons. The zero-order valence-corrected chi connectivity index (χ0v) is 13.3. The number of carbonyl (C=O) groups excluding carboxylic acids is 1. The Bertz CT molecular complexity index is 624. The van der Waals surface area contributed by atoms with Crippen molar-refractivity contribution in [2.45, 2.75) is 32.4 Å². The van der Waals surface area contributed by atoms with Crippen molar-refractivity contribution in [3.8, 4) is 10.7 Å². The highest BCUT2D eigenvalue weighted by atomic mass is 32.1. The molecule has 0 radical (unpaired) electrons. The molecular formula is C15H19N5OS. The third-order valence-corrected chi connectivity index (χ3v) is 4.76. The van der Waals surface area contributed by atoms with Gasteiger partial charge in [-0.25, -0.2) is 4.98 Å². The van der Waals surface area contributed by atoms with Crippen LogP contribution in [0.4, 0.5) is 0 Å². The molecule has 0 saturated carbocycles. The van der Waals surface area contributed by atoms with E-state index in [-0.39, 0.29) is 11.9 Å². The van der Waals surface area contributed by atoms with Crippen LogP contribution in [0.25, 0.3) is 10.7 Å². The average Bonchev–Trinajstić information content (AvgIpc) is 3.24. The molecule has 1 aliphatic heterocycles. The van der Waals surface area contributed by atoms with Gasteiger partial charge in [-0.1, -0.05) is 0 Å². The fraction of sp³-hybridized carbons (Fsp3) is 0.467. The molecule has 0 bridgehead atoms. The Morgan fingerprint density at radius 2 is 2.23 bits per heavy atom. The van der Waals surface area contributed by atoms with Gasteiger partial charge in [0.25, 0.3) is 0 Å². The standard InChI is InChI=1S/C15H19N5OS/c1-11(20-6-2-3-7-20)14(21)18-8-12-10-22-15(19-12)13-9-16-4-5-17-13/h4-5,9-11H,2-3,6-8H2,1H3,(H,18,21). The zero-order chi connectivity index (χ0) is 15.4. The number of thiazole rings is 1. The SMILES string of the molecule is CC(C(=O)NCc1csc(-c2cnccn2)n1)N1CCCC1. The molecule has 1 amide bonds. The first-order chi connectivity index (χ1) is 10.7. The van der Waals surface area contributed by atoms with E-state index in [2.05, 4.69) is 25.2 Å². The smallest absolute Gasteiger partial charge is 0.237 e. The van der Waals surface area contributed by atoms with Gasteiger partial charge in [-0.2, -0.15) is 0 Å². The van der Waals surface area contributed by atoms with Gasteiger partial charge >= 0.3 is 0 Å². The molecule has 7 heteroatoms. The highest BCUT2D eigenvalue weighted by molar-refractivity contribution is 7.13. The number of aromatic nitrogens is 3. The third-order valence-electron chi connectivity index (χ3n) is 3.85. The number of nitrogens with one attached hydrogen (secondary N) is 1. The van der Waals surface area contributed by atoms with Crippen LogP contribution in [-0.4, -0.2) is 44.9 Å². The van der Waals surface area contributed by atoms with E-state index >= 15 is 0 Å². The summed E-state index contributed by atoms with van der Waals surface area (Å²) >= 11 is 1.51. The molecule has 1 N–H and O–H groups in total. The maximum absolute atomic E-state index is 12.2. The normalized spacial score (nSPS) is 16.6. The zero-order valence-electron chi connectivity index (χ0n) is 12.5. The molecule has 1 fully saturated rings. The van der Waals surface area contributed by atoms with Crippen LogP contribution in [0.2, 0.25) is 0 Å². The summed E-state index contributed by atoms with van der Waals surface area (Å²) < 4.78 is 0. The van der Waals surface area contributed by atoms with Crippen molar-refractivity contribution in [3.63, 3.8) is 0 Å². The average molecular weight is 317 g/mol. The first-order valence-electron chi connectivity index (χ1n) is 7.46. The fourth-order valence-corrected chi connectivity index (χ4v) is 3.32. The van der Waals surface area contributed by atoms with Crippen molar-refractivity contribution in [1.82, 2.24) is 25.2 Å². The maximum atomic E-state index is 12.2. The summed E-state index contributed by atoms with van der Waals surface area (Å²) in [7, 11) is 0. The second kappa shape index (κ2) is 6.93. The van der Waals surface area contributed by atoms with Crippen molar-refractivity contribution >= 4 is 17.2 Å². The lowest BCUT2D eigenvalue weighted by Gasteiger charge is -2.22. The number of amides is 1. The van der Waals surface area contributed by atoms with Crippen LogP contribution in [0.5, 0.6) is 0 Å². The van der Waals surface area contributed by atoms with Crippen LogP contribution in [0, 0.1) is 0 Å². The van der Waals surface area contributed by atoms with E-state index in [0.717, 1.165) is 29.5 Å². The first-order valence-corrected chi connectivity index (χ1v) is 8.34. The summed E-state index contributed by atoms with van der Waals surface area (Å²) in [6, 6.07) is -0.0689. The third kappa shape index (κ3) is 3.48. The van der Waals surface area contributed by atoms with Crippen LogP contribution in [0.3, 0.4) is 0 Å². The molecule has 1 saturated heterocycles. The second-order valence-electron chi connectivity index (χ2n) is 5.37. The maximum Gasteiger partial charge on any atom is 0.237 e. The molecule has 2 aromatic rings. The largest absolute Gasteiger partial charge is 0.349 e. The number of likely N-dealkylation sites (tertiary alicyclic amines) is 1. The Hall–Kier alpha value is -1.86. The Balaban J connectivity index is 1.55. The molecule has 1 atom stereocenters. The van der Waals surface area contributed by atoms with Gasteiger partial charge < -0.3 is 5.32 Å². The quantitative estimate of drug-likeness (QED) is 0.909. The predicted octanol–water partition coefficient (Wildman–Crippen LogP) is 1.70. The summed E-state index contributed by atoms with van der Waals surface area (Å²) in [5.74, 6) is 0.0657.